The number of hydrogen-bond acceptors (Lipinski definition) is 3. The standard InChI is InChI=1S/C40H29N5/c1-3-15-29(16-4-2)44-34-23-13-11-21-30(34)32-25-26-33-31-22-12-14-24-35(31)45(37(33)36(32)44)40-42-38(27-17-7-5-8-18-27)41-39(43-40)28-19-9-6-10-20-28/h3-26H,1H2,2H3/b16-4-,29-15+. The predicted octanol–water partition coefficient (Wildman–Crippen LogP) is 10.0. The molecule has 45 heavy (non-hydrogen) atoms. The van der Waals surface area contributed by atoms with Crippen LogP contribution in [0.2, 0.25) is 0 Å². The normalized spacial score (nSPS) is 12.2. The summed E-state index contributed by atoms with van der Waals surface area (Å²) in [6.45, 7) is 6.08. The summed E-state index contributed by atoms with van der Waals surface area (Å²) in [5.41, 5.74) is 7.15. The average molecular weight is 580 g/mol. The van der Waals surface area contributed by atoms with E-state index in [1.807, 2.05) is 73.7 Å². The molecule has 3 aromatic heterocycles. The Morgan fingerprint density at radius 3 is 1.71 bits per heavy atom. The zero-order chi connectivity index (χ0) is 30.3. The highest BCUT2D eigenvalue weighted by Crippen LogP contribution is 2.41. The molecule has 0 saturated carbocycles. The van der Waals surface area contributed by atoms with Crippen molar-refractivity contribution in [2.24, 2.45) is 0 Å². The van der Waals surface area contributed by atoms with Crippen molar-refractivity contribution in [1.29, 1.82) is 0 Å². The molecule has 214 valence electrons. The second kappa shape index (κ2) is 10.9. The third-order valence-electron chi connectivity index (χ3n) is 8.24. The van der Waals surface area contributed by atoms with Crippen molar-refractivity contribution in [3.63, 3.8) is 0 Å². The lowest BCUT2D eigenvalue weighted by Gasteiger charge is -2.13. The molecule has 0 aliphatic rings. The Labute approximate surface area is 260 Å². The van der Waals surface area contributed by atoms with Crippen molar-refractivity contribution < 1.29 is 0 Å². The van der Waals surface area contributed by atoms with Gasteiger partial charge in [-0.25, -0.2) is 4.98 Å². The van der Waals surface area contributed by atoms with Crippen LogP contribution in [-0.4, -0.2) is 24.1 Å². The van der Waals surface area contributed by atoms with E-state index in [0.29, 0.717) is 17.6 Å². The topological polar surface area (TPSA) is 48.5 Å². The van der Waals surface area contributed by atoms with Gasteiger partial charge >= 0.3 is 0 Å². The second-order valence-electron chi connectivity index (χ2n) is 10.9. The van der Waals surface area contributed by atoms with Crippen molar-refractivity contribution in [3.8, 4) is 28.7 Å². The molecule has 8 rings (SSSR count). The SMILES string of the molecule is C=C/C=C(\C=C/C)n1c2ccccc2c2ccc3c4ccccc4n(-c4nc(-c5ccccc5)nc(-c5ccccc5)n4)c3c21. The van der Waals surface area contributed by atoms with E-state index in [1.165, 1.54) is 5.39 Å². The molecule has 5 heteroatoms. The summed E-state index contributed by atoms with van der Waals surface area (Å²) in [5, 5.41) is 4.59. The molecule has 0 saturated heterocycles. The first kappa shape index (κ1) is 26.5. The molecule has 0 fully saturated rings. The molecule has 0 unspecified atom stereocenters. The molecule has 0 aliphatic heterocycles. The third kappa shape index (κ3) is 4.28. The van der Waals surface area contributed by atoms with Gasteiger partial charge in [-0.05, 0) is 31.2 Å². The minimum atomic E-state index is 0.568. The van der Waals surface area contributed by atoms with Crippen LogP contribution in [0.5, 0.6) is 0 Å². The van der Waals surface area contributed by atoms with Gasteiger partial charge in [-0.3, -0.25) is 4.57 Å². The van der Waals surface area contributed by atoms with E-state index >= 15 is 0 Å². The molecular formula is C40H29N5. The van der Waals surface area contributed by atoms with Crippen molar-refractivity contribution in [2.45, 2.75) is 6.92 Å². The summed E-state index contributed by atoms with van der Waals surface area (Å²) in [4.78, 5) is 15.3. The molecule has 0 radical (unpaired) electrons. The van der Waals surface area contributed by atoms with Gasteiger partial charge in [-0.15, -0.1) is 0 Å². The van der Waals surface area contributed by atoms with Gasteiger partial charge in [0.15, 0.2) is 11.6 Å². The number of hydrogen-bond donors (Lipinski definition) is 0. The Morgan fingerprint density at radius 1 is 0.578 bits per heavy atom. The minimum absolute atomic E-state index is 0.568. The number of allylic oxidation sites excluding steroid dienone is 5. The summed E-state index contributed by atoms with van der Waals surface area (Å²) in [6.07, 6.45) is 8.09. The quantitative estimate of drug-likeness (QED) is 0.184. The van der Waals surface area contributed by atoms with Crippen LogP contribution in [0.1, 0.15) is 6.92 Å². The molecule has 3 heterocycles. The lowest BCUT2D eigenvalue weighted by Crippen LogP contribution is -2.07. The molecular weight excluding hydrogens is 550 g/mol. The Kier molecular flexibility index (Phi) is 6.42. The Morgan fingerprint density at radius 2 is 1.11 bits per heavy atom. The monoisotopic (exact) mass is 579 g/mol. The minimum Gasteiger partial charge on any atom is -0.307 e. The molecule has 5 aromatic carbocycles. The summed E-state index contributed by atoms with van der Waals surface area (Å²) in [7, 11) is 0. The number of nitrogens with zero attached hydrogens (tertiary/aromatic N) is 5. The Bertz CT molecular complexity index is 2390. The molecule has 0 atom stereocenters. The van der Waals surface area contributed by atoms with E-state index in [2.05, 4.69) is 94.6 Å². The van der Waals surface area contributed by atoms with Crippen LogP contribution >= 0.6 is 0 Å². The van der Waals surface area contributed by atoms with E-state index < -0.39 is 0 Å². The fourth-order valence-corrected chi connectivity index (χ4v) is 6.37. The van der Waals surface area contributed by atoms with Crippen LogP contribution in [0.25, 0.3) is 78.0 Å². The summed E-state index contributed by atoms with van der Waals surface area (Å²) in [5.74, 6) is 1.82. The average Bonchev–Trinajstić information content (AvgIpc) is 3.62. The third-order valence-corrected chi connectivity index (χ3v) is 8.24. The molecule has 0 amide bonds. The zero-order valence-corrected chi connectivity index (χ0v) is 24.8. The molecule has 0 N–H and O–H groups in total. The van der Waals surface area contributed by atoms with Crippen molar-refractivity contribution in [3.05, 3.63) is 152 Å². The predicted molar refractivity (Wildman–Crippen MR) is 187 cm³/mol. The molecule has 0 aliphatic carbocycles. The number of benzene rings is 5. The number of aromatic nitrogens is 5. The first-order valence-electron chi connectivity index (χ1n) is 15.0. The number of rotatable bonds is 6. The fourth-order valence-electron chi connectivity index (χ4n) is 6.37. The molecule has 8 aromatic rings. The molecule has 5 nitrogen and oxygen atoms in total. The Hall–Kier alpha value is -6.07. The van der Waals surface area contributed by atoms with Crippen molar-refractivity contribution in [2.75, 3.05) is 0 Å². The smallest absolute Gasteiger partial charge is 0.238 e. The summed E-state index contributed by atoms with van der Waals surface area (Å²) >= 11 is 0. The second-order valence-corrected chi connectivity index (χ2v) is 10.9. The van der Waals surface area contributed by atoms with Crippen LogP contribution in [-0.2, 0) is 0 Å². The number of para-hydroxylation sites is 2. The van der Waals surface area contributed by atoms with Gasteiger partial charge in [0.1, 0.15) is 0 Å². The van der Waals surface area contributed by atoms with Gasteiger partial charge in [0.2, 0.25) is 5.95 Å². The highest BCUT2D eigenvalue weighted by atomic mass is 15.2. The van der Waals surface area contributed by atoms with E-state index in [0.717, 1.165) is 55.0 Å². The van der Waals surface area contributed by atoms with Gasteiger partial charge in [-0.2, -0.15) is 9.97 Å². The van der Waals surface area contributed by atoms with Gasteiger partial charge in [0.05, 0.1) is 22.1 Å². The largest absolute Gasteiger partial charge is 0.307 e. The first-order chi connectivity index (χ1) is 22.3. The number of fused-ring (bicyclic) bond motifs is 7. The van der Waals surface area contributed by atoms with Crippen molar-refractivity contribution >= 4 is 49.3 Å². The summed E-state index contributed by atoms with van der Waals surface area (Å²) in [6, 6.07) is 41.8. The van der Waals surface area contributed by atoms with Crippen molar-refractivity contribution in [1.82, 2.24) is 24.1 Å². The molecule has 0 bridgehead atoms. The molecule has 0 spiro atoms. The maximum absolute atomic E-state index is 5.17. The van der Waals surface area contributed by atoms with E-state index in [1.54, 1.807) is 0 Å². The van der Waals surface area contributed by atoms with E-state index in [-0.39, 0.29) is 0 Å². The van der Waals surface area contributed by atoms with Crippen LogP contribution in [0.3, 0.4) is 0 Å². The lowest BCUT2D eigenvalue weighted by molar-refractivity contribution is 0.954. The maximum atomic E-state index is 5.17. The summed E-state index contributed by atoms with van der Waals surface area (Å²) < 4.78 is 4.55. The van der Waals surface area contributed by atoms with Gasteiger partial charge in [0.25, 0.3) is 0 Å². The maximum Gasteiger partial charge on any atom is 0.238 e. The first-order valence-corrected chi connectivity index (χ1v) is 15.0. The lowest BCUT2D eigenvalue weighted by atomic mass is 10.1. The van der Waals surface area contributed by atoms with Crippen LogP contribution in [0.15, 0.2) is 152 Å². The van der Waals surface area contributed by atoms with Gasteiger partial charge in [-0.1, -0.05) is 128 Å². The van der Waals surface area contributed by atoms with Gasteiger partial charge < -0.3 is 4.57 Å². The van der Waals surface area contributed by atoms with E-state index in [9.17, 15) is 0 Å². The zero-order valence-electron chi connectivity index (χ0n) is 24.8. The Balaban J connectivity index is 1.58. The van der Waals surface area contributed by atoms with Crippen LogP contribution in [0, 0.1) is 0 Å². The highest BCUT2D eigenvalue weighted by Gasteiger charge is 2.23. The van der Waals surface area contributed by atoms with Gasteiger partial charge in [0, 0.05) is 38.4 Å². The highest BCUT2D eigenvalue weighted by molar-refractivity contribution is 6.24. The fraction of sp³-hybridized carbons (Fsp3) is 0.0250. The van der Waals surface area contributed by atoms with Crippen LogP contribution in [0.4, 0.5) is 0 Å². The van der Waals surface area contributed by atoms with E-state index in [4.69, 9.17) is 15.0 Å². The van der Waals surface area contributed by atoms with Crippen LogP contribution < -0.4 is 0 Å².